The van der Waals surface area contributed by atoms with Gasteiger partial charge in [-0.1, -0.05) is 12.1 Å². The summed E-state index contributed by atoms with van der Waals surface area (Å²) in [5.41, 5.74) is 0.140. The summed E-state index contributed by atoms with van der Waals surface area (Å²) in [6, 6.07) is 8.00. The summed E-state index contributed by atoms with van der Waals surface area (Å²) in [5.74, 6) is 0.166. The van der Waals surface area contributed by atoms with Gasteiger partial charge in [-0.3, -0.25) is 0 Å². The molecule has 0 amide bonds. The lowest BCUT2D eigenvalue weighted by molar-refractivity contribution is 0.178. The topological polar surface area (TPSA) is 90.2 Å². The first-order chi connectivity index (χ1) is 9.03. The maximum absolute atomic E-state index is 12.1. The molecule has 0 saturated heterocycles. The van der Waals surface area contributed by atoms with E-state index in [2.05, 4.69) is 4.72 Å². The monoisotopic (exact) mass is 280 g/mol. The molecule has 0 radical (unpaired) electrons. The average molecular weight is 280 g/mol. The number of nitriles is 1. The van der Waals surface area contributed by atoms with Crippen LogP contribution in [-0.4, -0.2) is 26.2 Å². The molecule has 0 spiro atoms. The summed E-state index contributed by atoms with van der Waals surface area (Å²) in [5, 5.41) is 18.3. The van der Waals surface area contributed by atoms with E-state index in [-0.39, 0.29) is 22.5 Å². The van der Waals surface area contributed by atoms with Crippen molar-refractivity contribution < 1.29 is 13.5 Å². The molecule has 102 valence electrons. The minimum atomic E-state index is -3.66. The Kier molecular flexibility index (Phi) is 4.20. The van der Waals surface area contributed by atoms with E-state index < -0.39 is 10.0 Å². The van der Waals surface area contributed by atoms with E-state index in [1.54, 1.807) is 12.1 Å². The smallest absolute Gasteiger partial charge is 0.241 e. The van der Waals surface area contributed by atoms with Crippen molar-refractivity contribution in [1.29, 1.82) is 5.26 Å². The maximum Gasteiger partial charge on any atom is 0.241 e. The Morgan fingerprint density at radius 3 is 2.74 bits per heavy atom. The van der Waals surface area contributed by atoms with E-state index in [0.29, 0.717) is 13.0 Å². The van der Waals surface area contributed by atoms with E-state index in [9.17, 15) is 13.5 Å². The van der Waals surface area contributed by atoms with Gasteiger partial charge in [0.25, 0.3) is 0 Å². The van der Waals surface area contributed by atoms with Crippen LogP contribution in [-0.2, 0) is 10.0 Å². The van der Waals surface area contributed by atoms with Crippen LogP contribution < -0.4 is 4.72 Å². The molecule has 1 saturated carbocycles. The van der Waals surface area contributed by atoms with E-state index in [4.69, 9.17) is 5.26 Å². The Hall–Kier alpha value is -1.42. The molecule has 0 aliphatic heterocycles. The maximum atomic E-state index is 12.1. The zero-order chi connectivity index (χ0) is 13.9. The van der Waals surface area contributed by atoms with Crippen molar-refractivity contribution in [1.82, 2.24) is 4.72 Å². The zero-order valence-corrected chi connectivity index (χ0v) is 11.2. The zero-order valence-electron chi connectivity index (χ0n) is 10.4. The predicted molar refractivity (Wildman–Crippen MR) is 69.7 cm³/mol. The Labute approximate surface area is 112 Å². The summed E-state index contributed by atoms with van der Waals surface area (Å²) in [6.07, 6.45) is 1.86. The first-order valence-electron chi connectivity index (χ1n) is 6.20. The van der Waals surface area contributed by atoms with Crippen LogP contribution in [0.2, 0.25) is 0 Å². The van der Waals surface area contributed by atoms with Crippen molar-refractivity contribution in [2.75, 3.05) is 6.54 Å². The van der Waals surface area contributed by atoms with Gasteiger partial charge in [0.05, 0.1) is 16.6 Å². The Morgan fingerprint density at radius 2 is 2.11 bits per heavy atom. The van der Waals surface area contributed by atoms with Gasteiger partial charge in [-0.05, 0) is 37.3 Å². The largest absolute Gasteiger partial charge is 0.393 e. The SMILES string of the molecule is N#Cc1ccccc1S(=O)(=O)NCC1CCC(O)C1. The third-order valence-electron chi connectivity index (χ3n) is 3.37. The number of nitrogens with one attached hydrogen (secondary N) is 1. The van der Waals surface area contributed by atoms with Crippen LogP contribution in [0, 0.1) is 17.2 Å². The second kappa shape index (κ2) is 5.70. The molecule has 1 aromatic carbocycles. The van der Waals surface area contributed by atoms with Crippen molar-refractivity contribution >= 4 is 10.0 Å². The lowest BCUT2D eigenvalue weighted by Gasteiger charge is -2.12. The highest BCUT2D eigenvalue weighted by Gasteiger charge is 2.25. The van der Waals surface area contributed by atoms with Gasteiger partial charge in [0.2, 0.25) is 10.0 Å². The van der Waals surface area contributed by atoms with Crippen LogP contribution >= 0.6 is 0 Å². The second-order valence-corrected chi connectivity index (χ2v) is 6.53. The fourth-order valence-corrected chi connectivity index (χ4v) is 3.60. The number of aliphatic hydroxyl groups is 1. The lowest BCUT2D eigenvalue weighted by atomic mass is 10.1. The Bertz CT molecular complexity index is 592. The van der Waals surface area contributed by atoms with Crippen LogP contribution in [0.15, 0.2) is 29.2 Å². The number of aliphatic hydroxyl groups excluding tert-OH is 1. The number of hydrogen-bond acceptors (Lipinski definition) is 4. The van der Waals surface area contributed by atoms with Crippen molar-refractivity contribution in [3.8, 4) is 6.07 Å². The van der Waals surface area contributed by atoms with Crippen LogP contribution in [0.1, 0.15) is 24.8 Å². The highest BCUT2D eigenvalue weighted by atomic mass is 32.2. The number of sulfonamides is 1. The van der Waals surface area contributed by atoms with Crippen LogP contribution in [0.3, 0.4) is 0 Å². The Morgan fingerprint density at radius 1 is 1.37 bits per heavy atom. The molecule has 1 fully saturated rings. The Balaban J connectivity index is 2.08. The molecule has 2 rings (SSSR count). The van der Waals surface area contributed by atoms with Crippen LogP contribution in [0.5, 0.6) is 0 Å². The lowest BCUT2D eigenvalue weighted by Crippen LogP contribution is -2.29. The van der Waals surface area contributed by atoms with Gasteiger partial charge in [-0.15, -0.1) is 0 Å². The fourth-order valence-electron chi connectivity index (χ4n) is 2.33. The second-order valence-electron chi connectivity index (χ2n) is 4.79. The summed E-state index contributed by atoms with van der Waals surface area (Å²) < 4.78 is 26.8. The normalized spacial score (nSPS) is 23.2. The molecule has 0 aromatic heterocycles. The van der Waals surface area contributed by atoms with Crippen molar-refractivity contribution in [3.05, 3.63) is 29.8 Å². The minimum Gasteiger partial charge on any atom is -0.393 e. The van der Waals surface area contributed by atoms with E-state index in [1.165, 1.54) is 12.1 Å². The summed E-state index contributed by atoms with van der Waals surface area (Å²) in [4.78, 5) is 0.0102. The number of hydrogen-bond donors (Lipinski definition) is 2. The molecule has 5 nitrogen and oxygen atoms in total. The molecule has 0 heterocycles. The molecular formula is C13H16N2O3S. The van der Waals surface area contributed by atoms with Gasteiger partial charge >= 0.3 is 0 Å². The fraction of sp³-hybridized carbons (Fsp3) is 0.462. The molecule has 1 aliphatic carbocycles. The molecule has 2 unspecified atom stereocenters. The molecule has 2 N–H and O–H groups in total. The van der Waals surface area contributed by atoms with Crippen molar-refractivity contribution in [2.24, 2.45) is 5.92 Å². The van der Waals surface area contributed by atoms with Crippen molar-refractivity contribution in [2.45, 2.75) is 30.3 Å². The van der Waals surface area contributed by atoms with Gasteiger partial charge in [-0.2, -0.15) is 5.26 Å². The van der Waals surface area contributed by atoms with Gasteiger partial charge < -0.3 is 5.11 Å². The quantitative estimate of drug-likeness (QED) is 0.860. The molecule has 1 aliphatic rings. The van der Waals surface area contributed by atoms with Gasteiger partial charge in [-0.25, -0.2) is 13.1 Å². The first kappa shape index (κ1) is 14.0. The molecular weight excluding hydrogens is 264 g/mol. The predicted octanol–water partition coefficient (Wildman–Crippen LogP) is 0.998. The van der Waals surface area contributed by atoms with Gasteiger partial charge in [0, 0.05) is 6.54 Å². The third kappa shape index (κ3) is 3.32. The van der Waals surface area contributed by atoms with E-state index >= 15 is 0 Å². The molecule has 19 heavy (non-hydrogen) atoms. The molecule has 1 aromatic rings. The summed E-state index contributed by atoms with van der Waals surface area (Å²) >= 11 is 0. The average Bonchev–Trinajstić information content (AvgIpc) is 2.82. The number of nitrogens with zero attached hydrogens (tertiary/aromatic N) is 1. The van der Waals surface area contributed by atoms with Gasteiger partial charge in [0.1, 0.15) is 6.07 Å². The standard InChI is InChI=1S/C13H16N2O3S/c14-8-11-3-1-2-4-13(11)19(17,18)15-9-10-5-6-12(16)7-10/h1-4,10,12,15-16H,5-7,9H2. The third-order valence-corrected chi connectivity index (χ3v) is 4.85. The highest BCUT2D eigenvalue weighted by molar-refractivity contribution is 7.89. The van der Waals surface area contributed by atoms with Crippen LogP contribution in [0.4, 0.5) is 0 Å². The van der Waals surface area contributed by atoms with E-state index in [1.807, 2.05) is 6.07 Å². The summed E-state index contributed by atoms with van der Waals surface area (Å²) in [7, 11) is -3.66. The van der Waals surface area contributed by atoms with Gasteiger partial charge in [0.15, 0.2) is 0 Å². The first-order valence-corrected chi connectivity index (χ1v) is 7.68. The molecule has 2 atom stereocenters. The van der Waals surface area contributed by atoms with Crippen molar-refractivity contribution in [3.63, 3.8) is 0 Å². The number of benzene rings is 1. The minimum absolute atomic E-state index is 0.0102. The van der Waals surface area contributed by atoms with E-state index in [0.717, 1.165) is 12.8 Å². The highest BCUT2D eigenvalue weighted by Crippen LogP contribution is 2.25. The molecule has 0 bridgehead atoms. The number of rotatable bonds is 4. The molecule has 6 heteroatoms. The van der Waals surface area contributed by atoms with Crippen LogP contribution in [0.25, 0.3) is 0 Å². The summed E-state index contributed by atoms with van der Waals surface area (Å²) in [6.45, 7) is 0.305.